The van der Waals surface area contributed by atoms with Crippen molar-refractivity contribution in [2.75, 3.05) is 7.11 Å². The van der Waals surface area contributed by atoms with Gasteiger partial charge in [-0.15, -0.1) is 0 Å². The summed E-state index contributed by atoms with van der Waals surface area (Å²) < 4.78 is 5.67. The monoisotopic (exact) mass is 206 g/mol. The second-order valence-corrected chi connectivity index (χ2v) is 4.26. The van der Waals surface area contributed by atoms with Crippen LogP contribution in [0.4, 0.5) is 0 Å². The molecule has 84 valence electrons. The first-order chi connectivity index (χ1) is 7.23. The van der Waals surface area contributed by atoms with Crippen molar-refractivity contribution < 1.29 is 4.74 Å². The van der Waals surface area contributed by atoms with Gasteiger partial charge in [0.25, 0.3) is 0 Å². The molecule has 1 nitrogen and oxygen atoms in total. The summed E-state index contributed by atoms with van der Waals surface area (Å²) in [6, 6.07) is 10.5. The maximum Gasteiger partial charge on any atom is 0.0899 e. The van der Waals surface area contributed by atoms with Crippen molar-refractivity contribution in [1.29, 1.82) is 0 Å². The van der Waals surface area contributed by atoms with Gasteiger partial charge in [-0.05, 0) is 18.9 Å². The third-order valence-corrected chi connectivity index (χ3v) is 3.09. The average molecular weight is 206 g/mol. The van der Waals surface area contributed by atoms with Gasteiger partial charge >= 0.3 is 0 Å². The Morgan fingerprint density at radius 3 is 2.33 bits per heavy atom. The Hall–Kier alpha value is -0.820. The standard InChI is InChI=1S/C14H22O/c1-4-5-9-12-14(2,15-3)13-10-7-6-8-11-13/h6-8,10-11H,4-5,9,12H2,1-3H3. The summed E-state index contributed by atoms with van der Waals surface area (Å²) in [6.45, 7) is 4.41. The fraction of sp³-hybridized carbons (Fsp3) is 0.571. The first kappa shape index (κ1) is 12.3. The largest absolute Gasteiger partial charge is 0.374 e. The van der Waals surface area contributed by atoms with Gasteiger partial charge in [0, 0.05) is 7.11 Å². The number of ether oxygens (including phenoxy) is 1. The van der Waals surface area contributed by atoms with Crippen LogP contribution in [-0.4, -0.2) is 7.11 Å². The van der Waals surface area contributed by atoms with Crippen LogP contribution in [0, 0.1) is 0 Å². The summed E-state index contributed by atoms with van der Waals surface area (Å²) in [5.41, 5.74) is 1.17. The van der Waals surface area contributed by atoms with Crippen LogP contribution in [0.3, 0.4) is 0 Å². The van der Waals surface area contributed by atoms with Crippen LogP contribution in [0.2, 0.25) is 0 Å². The molecule has 1 atom stereocenters. The highest BCUT2D eigenvalue weighted by atomic mass is 16.5. The molecule has 15 heavy (non-hydrogen) atoms. The predicted octanol–water partition coefficient (Wildman–Crippen LogP) is 4.13. The topological polar surface area (TPSA) is 9.23 Å². The molecule has 0 radical (unpaired) electrons. The molecule has 0 aliphatic carbocycles. The Kier molecular flexibility index (Phi) is 4.83. The molecule has 0 aromatic heterocycles. The number of methoxy groups -OCH3 is 1. The third-order valence-electron chi connectivity index (χ3n) is 3.09. The molecule has 0 saturated carbocycles. The fourth-order valence-corrected chi connectivity index (χ4v) is 1.87. The number of unbranched alkanes of at least 4 members (excludes halogenated alkanes) is 2. The molecule has 0 aliphatic rings. The highest BCUT2D eigenvalue weighted by molar-refractivity contribution is 5.21. The van der Waals surface area contributed by atoms with Crippen LogP contribution in [0.25, 0.3) is 0 Å². The van der Waals surface area contributed by atoms with Crippen molar-refractivity contribution in [2.24, 2.45) is 0 Å². The molecule has 0 N–H and O–H groups in total. The minimum absolute atomic E-state index is 0.115. The van der Waals surface area contributed by atoms with Crippen LogP contribution < -0.4 is 0 Å². The smallest absolute Gasteiger partial charge is 0.0899 e. The van der Waals surface area contributed by atoms with E-state index in [1.54, 1.807) is 7.11 Å². The van der Waals surface area contributed by atoms with Crippen LogP contribution >= 0.6 is 0 Å². The predicted molar refractivity (Wildman–Crippen MR) is 64.9 cm³/mol. The van der Waals surface area contributed by atoms with Crippen molar-refractivity contribution in [2.45, 2.75) is 45.1 Å². The highest BCUT2D eigenvalue weighted by Crippen LogP contribution is 2.30. The maximum absolute atomic E-state index is 5.67. The normalized spacial score (nSPS) is 14.9. The quantitative estimate of drug-likeness (QED) is 0.636. The van der Waals surface area contributed by atoms with Crippen LogP contribution in [-0.2, 0) is 10.3 Å². The minimum atomic E-state index is -0.115. The highest BCUT2D eigenvalue weighted by Gasteiger charge is 2.24. The molecule has 1 unspecified atom stereocenters. The molecule has 0 bridgehead atoms. The second-order valence-electron chi connectivity index (χ2n) is 4.26. The van der Waals surface area contributed by atoms with Gasteiger partial charge in [-0.25, -0.2) is 0 Å². The van der Waals surface area contributed by atoms with E-state index in [0.29, 0.717) is 0 Å². The van der Waals surface area contributed by atoms with Gasteiger partial charge in [-0.2, -0.15) is 0 Å². The van der Waals surface area contributed by atoms with Gasteiger partial charge in [0.2, 0.25) is 0 Å². The van der Waals surface area contributed by atoms with E-state index in [2.05, 4.69) is 38.1 Å². The summed E-state index contributed by atoms with van der Waals surface area (Å²) in [5.74, 6) is 0. The molecule has 0 spiro atoms. The lowest BCUT2D eigenvalue weighted by Gasteiger charge is -2.28. The Labute approximate surface area is 93.5 Å². The van der Waals surface area contributed by atoms with Crippen molar-refractivity contribution in [3.05, 3.63) is 35.9 Å². The van der Waals surface area contributed by atoms with E-state index in [0.717, 1.165) is 6.42 Å². The second kappa shape index (κ2) is 5.92. The molecule has 0 heterocycles. The van der Waals surface area contributed by atoms with E-state index >= 15 is 0 Å². The molecule has 1 aromatic rings. The van der Waals surface area contributed by atoms with Gasteiger partial charge in [-0.1, -0.05) is 56.5 Å². The van der Waals surface area contributed by atoms with Gasteiger partial charge in [0.15, 0.2) is 0 Å². The van der Waals surface area contributed by atoms with Gasteiger partial charge in [0.05, 0.1) is 5.60 Å². The summed E-state index contributed by atoms with van der Waals surface area (Å²) in [7, 11) is 1.80. The fourth-order valence-electron chi connectivity index (χ4n) is 1.87. The summed E-state index contributed by atoms with van der Waals surface area (Å²) in [4.78, 5) is 0. The molecule has 0 fully saturated rings. The zero-order valence-corrected chi connectivity index (χ0v) is 10.1. The Balaban J connectivity index is 2.67. The van der Waals surface area contributed by atoms with Crippen molar-refractivity contribution in [3.63, 3.8) is 0 Å². The third kappa shape index (κ3) is 3.35. The minimum Gasteiger partial charge on any atom is -0.374 e. The summed E-state index contributed by atoms with van der Waals surface area (Å²) >= 11 is 0. The average Bonchev–Trinajstić information content (AvgIpc) is 2.30. The number of rotatable bonds is 6. The van der Waals surface area contributed by atoms with Crippen molar-refractivity contribution >= 4 is 0 Å². The van der Waals surface area contributed by atoms with Crippen LogP contribution in [0.1, 0.15) is 45.1 Å². The lowest BCUT2D eigenvalue weighted by atomic mass is 9.90. The number of hydrogen-bond acceptors (Lipinski definition) is 1. The van der Waals surface area contributed by atoms with Crippen LogP contribution in [0.5, 0.6) is 0 Å². The first-order valence-corrected chi connectivity index (χ1v) is 5.83. The van der Waals surface area contributed by atoms with Crippen molar-refractivity contribution in [3.8, 4) is 0 Å². The molecule has 0 amide bonds. The Morgan fingerprint density at radius 2 is 1.80 bits per heavy atom. The molecule has 1 heteroatoms. The van der Waals surface area contributed by atoms with Gasteiger partial charge in [-0.3, -0.25) is 0 Å². The van der Waals surface area contributed by atoms with E-state index in [-0.39, 0.29) is 5.60 Å². The van der Waals surface area contributed by atoms with E-state index < -0.39 is 0 Å². The van der Waals surface area contributed by atoms with Crippen LogP contribution in [0.15, 0.2) is 30.3 Å². The van der Waals surface area contributed by atoms with E-state index in [9.17, 15) is 0 Å². The molecule has 1 rings (SSSR count). The van der Waals surface area contributed by atoms with Gasteiger partial charge in [0.1, 0.15) is 0 Å². The molecule has 1 aromatic carbocycles. The number of benzene rings is 1. The Morgan fingerprint density at radius 1 is 1.13 bits per heavy atom. The molecule has 0 aliphatic heterocycles. The molecular formula is C14H22O. The van der Waals surface area contributed by atoms with Crippen molar-refractivity contribution in [1.82, 2.24) is 0 Å². The number of hydrogen-bond donors (Lipinski definition) is 0. The molecule has 0 saturated heterocycles. The van der Waals surface area contributed by atoms with E-state index in [1.165, 1.54) is 24.8 Å². The zero-order chi connectivity index (χ0) is 11.1. The lowest BCUT2D eigenvalue weighted by molar-refractivity contribution is -0.00752. The van der Waals surface area contributed by atoms with E-state index in [1.807, 2.05) is 6.07 Å². The Bertz CT molecular complexity index is 268. The maximum atomic E-state index is 5.67. The van der Waals surface area contributed by atoms with Gasteiger partial charge < -0.3 is 4.74 Å². The van der Waals surface area contributed by atoms with E-state index in [4.69, 9.17) is 4.74 Å². The zero-order valence-electron chi connectivity index (χ0n) is 10.1. The summed E-state index contributed by atoms with van der Waals surface area (Å²) in [6.07, 6.45) is 4.87. The lowest BCUT2D eigenvalue weighted by Crippen LogP contribution is -2.24. The summed E-state index contributed by atoms with van der Waals surface area (Å²) in [5, 5.41) is 0. The first-order valence-electron chi connectivity index (χ1n) is 5.83. The SMILES string of the molecule is CCCCCC(C)(OC)c1ccccc1. The molecular weight excluding hydrogens is 184 g/mol.